The maximum absolute atomic E-state index is 5.41. The van der Waals surface area contributed by atoms with Gasteiger partial charge in [-0.1, -0.05) is 19.1 Å². The van der Waals surface area contributed by atoms with Crippen molar-refractivity contribution in [3.63, 3.8) is 0 Å². The van der Waals surface area contributed by atoms with Gasteiger partial charge in [0.15, 0.2) is 0 Å². The Bertz CT molecular complexity index is 333. The van der Waals surface area contributed by atoms with Crippen LogP contribution in [0.4, 0.5) is 0 Å². The van der Waals surface area contributed by atoms with Crippen LogP contribution in [0.1, 0.15) is 18.9 Å². The van der Waals surface area contributed by atoms with Gasteiger partial charge in [0.25, 0.3) is 0 Å². The number of aliphatic imine (C=N–C) groups is 1. The smallest absolute Gasteiger partial charge is 0.118 e. The molecule has 0 heterocycles. The molecule has 0 fully saturated rings. The van der Waals surface area contributed by atoms with Crippen molar-refractivity contribution in [3.8, 4) is 5.75 Å². The van der Waals surface area contributed by atoms with Gasteiger partial charge in [0.05, 0.1) is 7.11 Å². The lowest BCUT2D eigenvalue weighted by atomic mass is 10.1. The highest BCUT2D eigenvalue weighted by molar-refractivity contribution is 5.83. The van der Waals surface area contributed by atoms with Gasteiger partial charge in [0.2, 0.25) is 0 Å². The maximum atomic E-state index is 5.41. The molecule has 0 amide bonds. The molecule has 1 aromatic rings. The normalized spacial score (nSPS) is 11.3. The summed E-state index contributed by atoms with van der Waals surface area (Å²) < 4.78 is 5.09. The first-order chi connectivity index (χ1) is 7.80. The van der Waals surface area contributed by atoms with Crippen LogP contribution in [0.2, 0.25) is 0 Å². The molecule has 0 atom stereocenters. The molecule has 0 aliphatic carbocycles. The van der Waals surface area contributed by atoms with Gasteiger partial charge in [-0.15, -0.1) is 0 Å². The molecule has 16 heavy (non-hydrogen) atoms. The van der Waals surface area contributed by atoms with Gasteiger partial charge in [-0.3, -0.25) is 4.99 Å². The minimum absolute atomic E-state index is 0.723. The van der Waals surface area contributed by atoms with Crippen LogP contribution in [0.5, 0.6) is 5.75 Å². The van der Waals surface area contributed by atoms with Crippen molar-refractivity contribution in [2.75, 3.05) is 13.7 Å². The molecule has 4 heteroatoms. The molecule has 4 nitrogen and oxygen atoms in total. The van der Waals surface area contributed by atoms with Crippen LogP contribution >= 0.6 is 0 Å². The number of rotatable bonds is 5. The van der Waals surface area contributed by atoms with Crippen LogP contribution in [0.25, 0.3) is 0 Å². The monoisotopic (exact) mass is 221 g/mol. The fourth-order valence-electron chi connectivity index (χ4n) is 1.34. The highest BCUT2D eigenvalue weighted by atomic mass is 16.5. The van der Waals surface area contributed by atoms with Crippen molar-refractivity contribution in [1.82, 2.24) is 5.43 Å². The van der Waals surface area contributed by atoms with Gasteiger partial charge < -0.3 is 10.2 Å². The molecule has 0 unspecified atom stereocenters. The molecule has 0 spiro atoms. The molecular weight excluding hydrogens is 202 g/mol. The number of hydrogen-bond donors (Lipinski definition) is 2. The molecule has 0 aliphatic heterocycles. The summed E-state index contributed by atoms with van der Waals surface area (Å²) in [5.74, 6) is 7.08. The van der Waals surface area contributed by atoms with Gasteiger partial charge >= 0.3 is 0 Å². The lowest BCUT2D eigenvalue weighted by Crippen LogP contribution is -2.32. The summed E-state index contributed by atoms with van der Waals surface area (Å²) in [6.45, 7) is 2.89. The van der Waals surface area contributed by atoms with E-state index in [1.54, 1.807) is 7.11 Å². The summed E-state index contributed by atoms with van der Waals surface area (Å²) in [5.41, 5.74) is 3.79. The molecule has 3 N–H and O–H groups in total. The average Bonchev–Trinajstić information content (AvgIpc) is 2.35. The minimum atomic E-state index is 0.723. The Labute approximate surface area is 96.5 Å². The average molecular weight is 221 g/mol. The van der Waals surface area contributed by atoms with Crippen LogP contribution < -0.4 is 16.0 Å². The highest BCUT2D eigenvalue weighted by Gasteiger charge is 1.99. The molecule has 0 saturated carbocycles. The zero-order valence-corrected chi connectivity index (χ0v) is 9.86. The first kappa shape index (κ1) is 12.5. The first-order valence-corrected chi connectivity index (χ1v) is 5.43. The van der Waals surface area contributed by atoms with E-state index in [1.165, 1.54) is 0 Å². The fraction of sp³-hybridized carbons (Fsp3) is 0.417. The minimum Gasteiger partial charge on any atom is -0.497 e. The van der Waals surface area contributed by atoms with Gasteiger partial charge in [-0.05, 0) is 24.1 Å². The lowest BCUT2D eigenvalue weighted by molar-refractivity contribution is 0.414. The van der Waals surface area contributed by atoms with Crippen LogP contribution in [-0.4, -0.2) is 19.5 Å². The van der Waals surface area contributed by atoms with Crippen LogP contribution in [0.15, 0.2) is 29.3 Å². The van der Waals surface area contributed by atoms with Crippen molar-refractivity contribution in [2.24, 2.45) is 10.8 Å². The molecule has 1 rings (SSSR count). The SMILES string of the molecule is CCCN=C(Cc1ccc(OC)cc1)NN. The zero-order valence-electron chi connectivity index (χ0n) is 9.86. The number of benzene rings is 1. The van der Waals surface area contributed by atoms with E-state index >= 15 is 0 Å². The number of nitrogens with two attached hydrogens (primary N) is 1. The second-order valence-corrected chi connectivity index (χ2v) is 3.50. The van der Waals surface area contributed by atoms with E-state index in [1.807, 2.05) is 24.3 Å². The van der Waals surface area contributed by atoms with Crippen molar-refractivity contribution in [2.45, 2.75) is 19.8 Å². The van der Waals surface area contributed by atoms with E-state index in [2.05, 4.69) is 17.3 Å². The maximum Gasteiger partial charge on any atom is 0.118 e. The molecule has 0 radical (unpaired) electrons. The Morgan fingerprint density at radius 2 is 2.06 bits per heavy atom. The molecule has 1 aromatic carbocycles. The summed E-state index contributed by atoms with van der Waals surface area (Å²) in [6, 6.07) is 7.89. The number of nitrogens with one attached hydrogen (secondary N) is 1. The summed E-state index contributed by atoms with van der Waals surface area (Å²) >= 11 is 0. The Hall–Kier alpha value is -1.55. The second-order valence-electron chi connectivity index (χ2n) is 3.50. The van der Waals surface area contributed by atoms with Crippen LogP contribution in [0.3, 0.4) is 0 Å². The van der Waals surface area contributed by atoms with E-state index in [0.29, 0.717) is 0 Å². The Kier molecular flexibility index (Phi) is 5.36. The van der Waals surface area contributed by atoms with Crippen molar-refractivity contribution >= 4 is 5.84 Å². The number of hydrazine groups is 1. The van der Waals surface area contributed by atoms with E-state index in [4.69, 9.17) is 10.6 Å². The van der Waals surface area contributed by atoms with Gasteiger partial charge in [0, 0.05) is 13.0 Å². The third-order valence-corrected chi connectivity index (χ3v) is 2.22. The Morgan fingerprint density at radius 3 is 2.56 bits per heavy atom. The fourth-order valence-corrected chi connectivity index (χ4v) is 1.34. The summed E-state index contributed by atoms with van der Waals surface area (Å²) in [7, 11) is 1.66. The predicted molar refractivity (Wildman–Crippen MR) is 66.6 cm³/mol. The third-order valence-electron chi connectivity index (χ3n) is 2.22. The summed E-state index contributed by atoms with van der Waals surface area (Å²) in [4.78, 5) is 4.35. The molecular formula is C12H19N3O. The predicted octanol–water partition coefficient (Wildman–Crippen LogP) is 1.51. The van der Waals surface area contributed by atoms with Crippen molar-refractivity contribution in [1.29, 1.82) is 0 Å². The lowest BCUT2D eigenvalue weighted by Gasteiger charge is -2.06. The van der Waals surface area contributed by atoms with Crippen LogP contribution in [-0.2, 0) is 6.42 Å². The van der Waals surface area contributed by atoms with E-state index in [0.717, 1.165) is 36.5 Å². The number of hydrogen-bond acceptors (Lipinski definition) is 3. The number of amidine groups is 1. The molecule has 0 bridgehead atoms. The topological polar surface area (TPSA) is 59.6 Å². The van der Waals surface area contributed by atoms with Gasteiger partial charge in [-0.25, -0.2) is 5.84 Å². The molecule has 0 aliphatic rings. The van der Waals surface area contributed by atoms with Crippen LogP contribution in [0, 0.1) is 0 Å². The quantitative estimate of drug-likeness (QED) is 0.343. The Morgan fingerprint density at radius 1 is 1.38 bits per heavy atom. The Balaban J connectivity index is 2.63. The second kappa shape index (κ2) is 6.85. The van der Waals surface area contributed by atoms with Gasteiger partial charge in [-0.2, -0.15) is 0 Å². The molecule has 0 aromatic heterocycles. The number of nitrogens with zero attached hydrogens (tertiary/aromatic N) is 1. The summed E-state index contributed by atoms with van der Waals surface area (Å²) in [5, 5.41) is 0. The number of methoxy groups -OCH3 is 1. The zero-order chi connectivity index (χ0) is 11.8. The molecule has 0 saturated heterocycles. The van der Waals surface area contributed by atoms with E-state index in [-0.39, 0.29) is 0 Å². The largest absolute Gasteiger partial charge is 0.497 e. The van der Waals surface area contributed by atoms with Crippen molar-refractivity contribution in [3.05, 3.63) is 29.8 Å². The standard InChI is InChI=1S/C12H19N3O/c1-3-8-14-12(15-13)9-10-4-6-11(16-2)7-5-10/h4-7H,3,8-9,13H2,1-2H3,(H,14,15). The van der Waals surface area contributed by atoms with Crippen molar-refractivity contribution < 1.29 is 4.74 Å². The highest BCUT2D eigenvalue weighted by Crippen LogP contribution is 2.11. The van der Waals surface area contributed by atoms with Gasteiger partial charge in [0.1, 0.15) is 11.6 Å². The molecule has 88 valence electrons. The number of ether oxygens (including phenoxy) is 1. The van der Waals surface area contributed by atoms with E-state index < -0.39 is 0 Å². The van der Waals surface area contributed by atoms with E-state index in [9.17, 15) is 0 Å². The first-order valence-electron chi connectivity index (χ1n) is 5.43. The third kappa shape index (κ3) is 3.90. The summed E-state index contributed by atoms with van der Waals surface area (Å²) in [6.07, 6.45) is 1.74.